The first-order valence-corrected chi connectivity index (χ1v) is 5.44. The molecule has 0 aliphatic carbocycles. The van der Waals surface area contributed by atoms with Crippen molar-refractivity contribution in [1.82, 2.24) is 0 Å². The first-order valence-electron chi connectivity index (χ1n) is 5.44. The van der Waals surface area contributed by atoms with Crippen LogP contribution in [0.5, 0.6) is 5.75 Å². The largest absolute Gasteiger partial charge is 0.488 e. The number of hydrogen-bond donors (Lipinski definition) is 0. The molecule has 0 saturated carbocycles. The van der Waals surface area contributed by atoms with Gasteiger partial charge in [-0.2, -0.15) is 0 Å². The lowest BCUT2D eigenvalue weighted by Gasteiger charge is -2.13. The van der Waals surface area contributed by atoms with Gasteiger partial charge in [0, 0.05) is 5.56 Å². The fourth-order valence-electron chi connectivity index (χ4n) is 1.75. The van der Waals surface area contributed by atoms with Gasteiger partial charge in [-0.05, 0) is 30.6 Å². The van der Waals surface area contributed by atoms with Gasteiger partial charge in [-0.3, -0.25) is 0 Å². The smallest absolute Gasteiger partial charge is 0.130 e. The number of para-hydroxylation sites is 1. The van der Waals surface area contributed by atoms with Gasteiger partial charge in [-0.1, -0.05) is 43.0 Å². The van der Waals surface area contributed by atoms with E-state index >= 15 is 0 Å². The lowest BCUT2D eigenvalue weighted by atomic mass is 10.0. The molecule has 2 rings (SSSR count). The number of allylic oxidation sites excluding steroid dienone is 4. The van der Waals surface area contributed by atoms with Crippen LogP contribution < -0.4 is 4.74 Å². The lowest BCUT2D eigenvalue weighted by Crippen LogP contribution is -2.01. The fourth-order valence-corrected chi connectivity index (χ4v) is 1.75. The van der Waals surface area contributed by atoms with Gasteiger partial charge >= 0.3 is 0 Å². The fraction of sp³-hybridized carbons (Fsp3) is 0.200. The van der Waals surface area contributed by atoms with Crippen molar-refractivity contribution in [3.05, 3.63) is 59.7 Å². The summed E-state index contributed by atoms with van der Waals surface area (Å²) in [6.45, 7) is 8.83. The van der Waals surface area contributed by atoms with Crippen LogP contribution in [-0.4, -0.2) is 6.61 Å². The summed E-state index contributed by atoms with van der Waals surface area (Å²) in [5.74, 6) is 0.951. The van der Waals surface area contributed by atoms with Crippen molar-refractivity contribution in [3.63, 3.8) is 0 Å². The van der Waals surface area contributed by atoms with Crippen molar-refractivity contribution < 1.29 is 4.74 Å². The standard InChI is InChI=1S/C15H16O/c1-11-6-4-7-12(2)14-9-5-8-13(3)15(14)16-10-11/h4-9H,2,10H2,1,3H3/b7-4-,11-6-. The Morgan fingerprint density at radius 3 is 2.88 bits per heavy atom. The molecule has 1 aliphatic heterocycles. The quantitative estimate of drug-likeness (QED) is 0.633. The Morgan fingerprint density at radius 1 is 1.25 bits per heavy atom. The van der Waals surface area contributed by atoms with Crippen LogP contribution >= 0.6 is 0 Å². The molecule has 1 aromatic rings. The van der Waals surface area contributed by atoms with Crippen LogP contribution in [0, 0.1) is 6.92 Å². The highest BCUT2D eigenvalue weighted by atomic mass is 16.5. The van der Waals surface area contributed by atoms with Gasteiger partial charge in [0.2, 0.25) is 0 Å². The minimum absolute atomic E-state index is 0.634. The SMILES string of the molecule is C=C1/C=C\C=C(\C)COc2c(C)cccc21. The lowest BCUT2D eigenvalue weighted by molar-refractivity contribution is 0.349. The van der Waals surface area contributed by atoms with Crippen molar-refractivity contribution in [2.24, 2.45) is 0 Å². The van der Waals surface area contributed by atoms with Gasteiger partial charge in [0.1, 0.15) is 12.4 Å². The number of ether oxygens (including phenoxy) is 1. The monoisotopic (exact) mass is 212 g/mol. The summed E-state index contributed by atoms with van der Waals surface area (Å²) in [6.07, 6.45) is 6.11. The molecule has 0 saturated heterocycles. The van der Waals surface area contributed by atoms with E-state index in [4.69, 9.17) is 4.74 Å². The van der Waals surface area contributed by atoms with Gasteiger partial charge in [0.25, 0.3) is 0 Å². The third-order valence-corrected chi connectivity index (χ3v) is 2.68. The summed E-state index contributed by atoms with van der Waals surface area (Å²) in [7, 11) is 0. The van der Waals surface area contributed by atoms with Crippen LogP contribution in [0.1, 0.15) is 18.1 Å². The van der Waals surface area contributed by atoms with E-state index in [-0.39, 0.29) is 0 Å². The average molecular weight is 212 g/mol. The number of aryl methyl sites for hydroxylation is 1. The van der Waals surface area contributed by atoms with Gasteiger partial charge in [0.05, 0.1) is 0 Å². The summed E-state index contributed by atoms with van der Waals surface area (Å²) < 4.78 is 5.85. The summed E-state index contributed by atoms with van der Waals surface area (Å²) in [5, 5.41) is 0. The van der Waals surface area contributed by atoms with Gasteiger partial charge in [-0.25, -0.2) is 0 Å². The molecule has 0 N–H and O–H groups in total. The molecule has 82 valence electrons. The number of hydrogen-bond acceptors (Lipinski definition) is 1. The summed E-state index contributed by atoms with van der Waals surface area (Å²) in [6, 6.07) is 6.15. The molecular formula is C15H16O. The van der Waals surface area contributed by atoms with Crippen LogP contribution in [0.25, 0.3) is 5.57 Å². The first-order chi connectivity index (χ1) is 7.68. The highest BCUT2D eigenvalue weighted by Crippen LogP contribution is 2.30. The summed E-state index contributed by atoms with van der Waals surface area (Å²) in [5.41, 5.74) is 4.44. The second-order valence-electron chi connectivity index (χ2n) is 4.14. The van der Waals surface area contributed by atoms with E-state index in [1.807, 2.05) is 18.2 Å². The molecule has 1 aliphatic rings. The topological polar surface area (TPSA) is 9.23 Å². The number of fused-ring (bicyclic) bond motifs is 1. The zero-order chi connectivity index (χ0) is 11.5. The predicted molar refractivity (Wildman–Crippen MR) is 68.6 cm³/mol. The highest BCUT2D eigenvalue weighted by Gasteiger charge is 2.09. The Balaban J connectivity index is 2.52. The first kappa shape index (κ1) is 10.7. The molecule has 0 fully saturated rings. The van der Waals surface area contributed by atoms with E-state index in [9.17, 15) is 0 Å². The maximum Gasteiger partial charge on any atom is 0.130 e. The summed E-state index contributed by atoms with van der Waals surface area (Å²) in [4.78, 5) is 0. The van der Waals surface area contributed by atoms with Crippen molar-refractivity contribution in [2.45, 2.75) is 13.8 Å². The maximum absolute atomic E-state index is 5.85. The molecule has 0 radical (unpaired) electrons. The van der Waals surface area contributed by atoms with Gasteiger partial charge in [0.15, 0.2) is 0 Å². The van der Waals surface area contributed by atoms with E-state index in [0.717, 1.165) is 22.4 Å². The Labute approximate surface area is 96.8 Å². The molecule has 1 heteroatoms. The molecule has 16 heavy (non-hydrogen) atoms. The molecule has 0 bridgehead atoms. The van der Waals surface area contributed by atoms with Crippen molar-refractivity contribution >= 4 is 5.57 Å². The molecule has 0 unspecified atom stereocenters. The molecule has 0 spiro atoms. The zero-order valence-corrected chi connectivity index (χ0v) is 9.79. The molecular weight excluding hydrogens is 196 g/mol. The van der Waals surface area contributed by atoms with Crippen molar-refractivity contribution in [1.29, 1.82) is 0 Å². The Morgan fingerprint density at radius 2 is 2.06 bits per heavy atom. The van der Waals surface area contributed by atoms with Crippen molar-refractivity contribution in [3.8, 4) is 5.75 Å². The molecule has 0 aromatic heterocycles. The normalized spacial score (nSPS) is 20.6. The third kappa shape index (κ3) is 2.08. The molecule has 0 atom stereocenters. The van der Waals surface area contributed by atoms with Crippen LogP contribution in [0.3, 0.4) is 0 Å². The Kier molecular flexibility index (Phi) is 2.95. The van der Waals surface area contributed by atoms with E-state index in [2.05, 4.69) is 38.6 Å². The molecule has 1 heterocycles. The van der Waals surface area contributed by atoms with Gasteiger partial charge in [-0.15, -0.1) is 0 Å². The molecule has 1 aromatic carbocycles. The van der Waals surface area contributed by atoms with E-state index in [0.29, 0.717) is 6.61 Å². The second kappa shape index (κ2) is 4.40. The Bertz CT molecular complexity index is 478. The zero-order valence-electron chi connectivity index (χ0n) is 9.79. The van der Waals surface area contributed by atoms with E-state index in [1.54, 1.807) is 0 Å². The van der Waals surface area contributed by atoms with Crippen LogP contribution in [-0.2, 0) is 0 Å². The minimum atomic E-state index is 0.634. The highest BCUT2D eigenvalue weighted by molar-refractivity contribution is 5.77. The predicted octanol–water partition coefficient (Wildman–Crippen LogP) is 3.90. The Hall–Kier alpha value is -1.76. The molecule has 0 amide bonds. The van der Waals surface area contributed by atoms with E-state index in [1.165, 1.54) is 5.57 Å². The van der Waals surface area contributed by atoms with Crippen molar-refractivity contribution in [2.75, 3.05) is 6.61 Å². The van der Waals surface area contributed by atoms with E-state index < -0.39 is 0 Å². The second-order valence-corrected chi connectivity index (χ2v) is 4.14. The maximum atomic E-state index is 5.85. The van der Waals surface area contributed by atoms with Crippen LogP contribution in [0.4, 0.5) is 0 Å². The third-order valence-electron chi connectivity index (χ3n) is 2.68. The molecule has 1 nitrogen and oxygen atoms in total. The van der Waals surface area contributed by atoms with Crippen LogP contribution in [0.15, 0.2) is 48.6 Å². The minimum Gasteiger partial charge on any atom is -0.488 e. The van der Waals surface area contributed by atoms with Gasteiger partial charge < -0.3 is 4.74 Å². The average Bonchev–Trinajstić information content (AvgIpc) is 2.32. The number of rotatable bonds is 0. The number of benzene rings is 1. The van der Waals surface area contributed by atoms with Crippen LogP contribution in [0.2, 0.25) is 0 Å². The summed E-state index contributed by atoms with van der Waals surface area (Å²) >= 11 is 0.